The molecule has 0 unspecified atom stereocenters. The van der Waals surface area contributed by atoms with E-state index in [4.69, 9.17) is 9.47 Å². The number of ether oxygens (including phenoxy) is 2. The maximum atomic E-state index is 12.6. The molecule has 0 heterocycles. The Morgan fingerprint density at radius 1 is 0.769 bits per heavy atom. The highest BCUT2D eigenvalue weighted by Gasteiger charge is 2.13. The smallest absolute Gasteiger partial charge is 0.343 e. The van der Waals surface area contributed by atoms with Gasteiger partial charge in [-0.1, -0.05) is 42.0 Å². The van der Waals surface area contributed by atoms with Crippen LogP contribution in [0.2, 0.25) is 0 Å². The number of benzene rings is 4. The van der Waals surface area contributed by atoms with Crippen molar-refractivity contribution in [1.29, 1.82) is 0 Å². The molecule has 0 aliphatic carbocycles. The van der Waals surface area contributed by atoms with E-state index in [9.17, 15) is 14.4 Å². The minimum atomic E-state index is -0.494. The van der Waals surface area contributed by atoms with Crippen molar-refractivity contribution in [2.24, 2.45) is 5.10 Å². The number of hydrogen-bond donors (Lipinski definition) is 2. The Labute approximate surface area is 226 Å². The molecule has 0 fully saturated rings. The molecule has 0 bridgehead atoms. The van der Waals surface area contributed by atoms with Crippen LogP contribution in [0.15, 0.2) is 102 Å². The van der Waals surface area contributed by atoms with E-state index in [1.165, 1.54) is 6.21 Å². The van der Waals surface area contributed by atoms with E-state index in [-0.39, 0.29) is 11.7 Å². The first-order valence-corrected chi connectivity index (χ1v) is 12.3. The van der Waals surface area contributed by atoms with Gasteiger partial charge in [0.05, 0.1) is 18.4 Å². The Morgan fingerprint density at radius 2 is 1.51 bits per heavy atom. The number of nitrogens with one attached hydrogen (secondary N) is 2. The highest BCUT2D eigenvalue weighted by Crippen LogP contribution is 2.29. The molecule has 2 amide bonds. The molecule has 0 aliphatic rings. The summed E-state index contributed by atoms with van der Waals surface area (Å²) in [6.45, 7) is 4.13. The van der Waals surface area contributed by atoms with Crippen LogP contribution in [-0.4, -0.2) is 30.6 Å². The Hall–Kier alpha value is -5.24. The Kier molecular flexibility index (Phi) is 8.82. The molecule has 4 rings (SSSR count). The van der Waals surface area contributed by atoms with Crippen molar-refractivity contribution >= 4 is 29.7 Å². The molecule has 0 saturated heterocycles. The fourth-order valence-electron chi connectivity index (χ4n) is 3.57. The zero-order valence-corrected chi connectivity index (χ0v) is 21.5. The SMILES string of the molecule is CCOc1cc(C=NNC(=O)c2cccc(NC(=O)c3ccccc3)c2)ccc1OC(=O)c1ccc(C)cc1. The van der Waals surface area contributed by atoms with E-state index in [2.05, 4.69) is 15.8 Å². The quantitative estimate of drug-likeness (QED) is 0.129. The van der Waals surface area contributed by atoms with Crippen LogP contribution in [0.5, 0.6) is 11.5 Å². The minimum Gasteiger partial charge on any atom is -0.490 e. The third-order valence-electron chi connectivity index (χ3n) is 5.56. The Morgan fingerprint density at radius 3 is 2.26 bits per heavy atom. The molecule has 0 atom stereocenters. The van der Waals surface area contributed by atoms with Gasteiger partial charge in [-0.05, 0) is 80.1 Å². The number of hydrogen-bond acceptors (Lipinski definition) is 6. The van der Waals surface area contributed by atoms with E-state index in [1.54, 1.807) is 78.9 Å². The molecule has 4 aromatic carbocycles. The second-order valence-corrected chi connectivity index (χ2v) is 8.49. The lowest BCUT2D eigenvalue weighted by Crippen LogP contribution is -2.18. The number of rotatable bonds is 9. The van der Waals surface area contributed by atoms with Gasteiger partial charge in [0.2, 0.25) is 0 Å². The third-order valence-corrected chi connectivity index (χ3v) is 5.56. The summed E-state index contributed by atoms with van der Waals surface area (Å²) in [6, 6.07) is 27.4. The molecule has 0 saturated carbocycles. The summed E-state index contributed by atoms with van der Waals surface area (Å²) in [5.41, 5.74) is 5.89. The van der Waals surface area contributed by atoms with E-state index < -0.39 is 11.9 Å². The molecule has 2 N–H and O–H groups in total. The molecular weight excluding hydrogens is 494 g/mol. The standard InChI is InChI=1S/C31H27N3O5/c1-3-38-28-18-22(14-17-27(28)39-31(37)24-15-12-21(2)13-16-24)20-32-34-30(36)25-10-7-11-26(19-25)33-29(35)23-8-5-4-6-9-23/h4-20H,3H2,1-2H3,(H,33,35)(H,34,36). The summed E-state index contributed by atoms with van der Waals surface area (Å²) in [6.07, 6.45) is 1.45. The van der Waals surface area contributed by atoms with E-state index in [1.807, 2.05) is 32.0 Å². The van der Waals surface area contributed by atoms with Gasteiger partial charge < -0.3 is 14.8 Å². The fourth-order valence-corrected chi connectivity index (χ4v) is 3.57. The van der Waals surface area contributed by atoms with Crippen LogP contribution in [0.1, 0.15) is 49.1 Å². The molecule has 39 heavy (non-hydrogen) atoms. The average Bonchev–Trinajstić information content (AvgIpc) is 2.95. The van der Waals surface area contributed by atoms with Gasteiger partial charge in [0.1, 0.15) is 0 Å². The molecule has 0 spiro atoms. The maximum absolute atomic E-state index is 12.6. The molecule has 8 nitrogen and oxygen atoms in total. The van der Waals surface area contributed by atoms with Crippen LogP contribution in [0.3, 0.4) is 0 Å². The lowest BCUT2D eigenvalue weighted by molar-refractivity contribution is 0.0728. The highest BCUT2D eigenvalue weighted by molar-refractivity contribution is 6.05. The van der Waals surface area contributed by atoms with Gasteiger partial charge in [0.15, 0.2) is 11.5 Å². The van der Waals surface area contributed by atoms with Crippen molar-refractivity contribution < 1.29 is 23.9 Å². The molecule has 0 radical (unpaired) electrons. The predicted octanol–water partition coefficient (Wildman–Crippen LogP) is 5.63. The summed E-state index contributed by atoms with van der Waals surface area (Å²) in [4.78, 5) is 37.5. The summed E-state index contributed by atoms with van der Waals surface area (Å²) in [7, 11) is 0. The van der Waals surface area contributed by atoms with Crippen molar-refractivity contribution in [2.75, 3.05) is 11.9 Å². The van der Waals surface area contributed by atoms with Crippen LogP contribution in [0.25, 0.3) is 0 Å². The van der Waals surface area contributed by atoms with Gasteiger partial charge in [-0.2, -0.15) is 5.10 Å². The second kappa shape index (κ2) is 12.8. The van der Waals surface area contributed by atoms with Crippen LogP contribution in [0.4, 0.5) is 5.69 Å². The Balaban J connectivity index is 1.39. The van der Waals surface area contributed by atoms with Gasteiger partial charge in [0, 0.05) is 16.8 Å². The van der Waals surface area contributed by atoms with E-state index in [0.29, 0.717) is 40.3 Å². The molecule has 0 aromatic heterocycles. The number of nitrogens with zero attached hydrogens (tertiary/aromatic N) is 1. The minimum absolute atomic E-state index is 0.274. The Bertz CT molecular complexity index is 1500. The fraction of sp³-hybridized carbons (Fsp3) is 0.0968. The van der Waals surface area contributed by atoms with Gasteiger partial charge in [0.25, 0.3) is 11.8 Å². The topological polar surface area (TPSA) is 106 Å². The van der Waals surface area contributed by atoms with Crippen molar-refractivity contribution in [3.63, 3.8) is 0 Å². The normalized spacial score (nSPS) is 10.6. The number of esters is 1. The number of carbonyl (C=O) groups is 3. The molecular formula is C31H27N3O5. The van der Waals surface area contributed by atoms with Crippen LogP contribution in [0, 0.1) is 6.92 Å². The van der Waals surface area contributed by atoms with Crippen molar-refractivity contribution in [1.82, 2.24) is 5.43 Å². The lowest BCUT2D eigenvalue weighted by Gasteiger charge is -2.11. The third kappa shape index (κ3) is 7.39. The van der Waals surface area contributed by atoms with Crippen LogP contribution in [-0.2, 0) is 0 Å². The van der Waals surface area contributed by atoms with Crippen molar-refractivity contribution in [3.05, 3.63) is 125 Å². The summed E-state index contributed by atoms with van der Waals surface area (Å²) in [5.74, 6) is -0.570. The summed E-state index contributed by atoms with van der Waals surface area (Å²) >= 11 is 0. The van der Waals surface area contributed by atoms with Gasteiger partial charge in [-0.25, -0.2) is 10.2 Å². The number of aryl methyl sites for hydroxylation is 1. The first kappa shape index (κ1) is 26.8. The monoisotopic (exact) mass is 521 g/mol. The van der Waals surface area contributed by atoms with Crippen LogP contribution < -0.4 is 20.2 Å². The lowest BCUT2D eigenvalue weighted by atomic mass is 10.1. The maximum Gasteiger partial charge on any atom is 0.343 e. The molecule has 4 aromatic rings. The number of amides is 2. The van der Waals surface area contributed by atoms with Crippen molar-refractivity contribution in [2.45, 2.75) is 13.8 Å². The van der Waals surface area contributed by atoms with Gasteiger partial charge in [-0.3, -0.25) is 9.59 Å². The van der Waals surface area contributed by atoms with Crippen LogP contribution >= 0.6 is 0 Å². The largest absolute Gasteiger partial charge is 0.490 e. The molecule has 8 heteroatoms. The molecule has 196 valence electrons. The van der Waals surface area contributed by atoms with E-state index >= 15 is 0 Å². The predicted molar refractivity (Wildman–Crippen MR) is 150 cm³/mol. The summed E-state index contributed by atoms with van der Waals surface area (Å²) in [5, 5.41) is 6.81. The zero-order chi connectivity index (χ0) is 27.6. The second-order valence-electron chi connectivity index (χ2n) is 8.49. The molecule has 0 aliphatic heterocycles. The first-order chi connectivity index (χ1) is 18.9. The highest BCUT2D eigenvalue weighted by atomic mass is 16.6. The zero-order valence-electron chi connectivity index (χ0n) is 21.5. The average molecular weight is 522 g/mol. The number of anilines is 1. The van der Waals surface area contributed by atoms with E-state index in [0.717, 1.165) is 5.56 Å². The van der Waals surface area contributed by atoms with Crippen molar-refractivity contribution in [3.8, 4) is 11.5 Å². The number of hydrazone groups is 1. The number of carbonyl (C=O) groups excluding carboxylic acids is 3. The summed E-state index contributed by atoms with van der Waals surface area (Å²) < 4.78 is 11.2. The van der Waals surface area contributed by atoms with Gasteiger partial charge >= 0.3 is 5.97 Å². The van der Waals surface area contributed by atoms with Gasteiger partial charge in [-0.15, -0.1) is 0 Å². The first-order valence-electron chi connectivity index (χ1n) is 12.3.